The Morgan fingerprint density at radius 3 is 2.39 bits per heavy atom. The Balaban J connectivity index is 1.47. The fourth-order valence-corrected chi connectivity index (χ4v) is 3.45. The Hall–Kier alpha value is -3.34. The van der Waals surface area contributed by atoms with Crippen LogP contribution in [0.1, 0.15) is 42.3 Å². The highest BCUT2D eigenvalue weighted by atomic mass is 16.5. The van der Waals surface area contributed by atoms with Crippen molar-refractivity contribution < 1.29 is 14.3 Å². The van der Waals surface area contributed by atoms with E-state index in [4.69, 9.17) is 4.74 Å². The van der Waals surface area contributed by atoms with Crippen molar-refractivity contribution in [1.29, 1.82) is 0 Å². The number of nitrogens with one attached hydrogen (secondary N) is 2. The number of aryl methyl sites for hydroxylation is 1. The molecule has 0 aromatic heterocycles. The lowest BCUT2D eigenvalue weighted by atomic mass is 9.85. The van der Waals surface area contributed by atoms with Gasteiger partial charge >= 0.3 is 0 Å². The summed E-state index contributed by atoms with van der Waals surface area (Å²) in [4.78, 5) is 24.7. The molecule has 0 radical (unpaired) electrons. The van der Waals surface area contributed by atoms with Crippen LogP contribution < -0.4 is 15.4 Å². The second-order valence-corrected chi connectivity index (χ2v) is 8.67. The van der Waals surface area contributed by atoms with Gasteiger partial charge in [0.1, 0.15) is 5.75 Å². The molecule has 5 nitrogen and oxygen atoms in total. The fourth-order valence-electron chi connectivity index (χ4n) is 3.45. The molecule has 0 saturated heterocycles. The van der Waals surface area contributed by atoms with Crippen LogP contribution in [-0.2, 0) is 10.2 Å². The van der Waals surface area contributed by atoms with Gasteiger partial charge in [-0.3, -0.25) is 9.59 Å². The fraction of sp³-hybridized carbons (Fsp3) is 0.308. The van der Waals surface area contributed by atoms with Crippen LogP contribution in [0.4, 0.5) is 0 Å². The van der Waals surface area contributed by atoms with E-state index in [1.54, 1.807) is 6.07 Å². The number of carbonyl (C=O) groups excluding carboxylic acids is 2. The molecular formula is C26H30N2O3. The van der Waals surface area contributed by atoms with E-state index < -0.39 is 0 Å². The average Bonchev–Trinajstić information content (AvgIpc) is 2.74. The first-order valence-corrected chi connectivity index (χ1v) is 10.5. The van der Waals surface area contributed by atoms with Crippen LogP contribution >= 0.6 is 0 Å². The minimum atomic E-state index is -0.222. The van der Waals surface area contributed by atoms with Crippen molar-refractivity contribution in [3.8, 4) is 5.75 Å². The number of hydrogen-bond acceptors (Lipinski definition) is 3. The van der Waals surface area contributed by atoms with Crippen LogP contribution in [0, 0.1) is 6.92 Å². The van der Waals surface area contributed by atoms with E-state index in [9.17, 15) is 9.59 Å². The highest BCUT2D eigenvalue weighted by Crippen LogP contribution is 2.32. The lowest BCUT2D eigenvalue weighted by Crippen LogP contribution is -2.37. The van der Waals surface area contributed by atoms with Gasteiger partial charge < -0.3 is 15.4 Å². The molecule has 0 aliphatic heterocycles. The first kappa shape index (κ1) is 22.3. The summed E-state index contributed by atoms with van der Waals surface area (Å²) in [6, 6.07) is 19.4. The Kier molecular flexibility index (Phi) is 6.95. The standard InChI is InChI=1S/C26H30N2O3/c1-18-12-13-23(22(16-18)26(2,3)4)31-17-24(29)27-14-15-28-25(30)21-11-7-9-19-8-5-6-10-20(19)21/h5-13,16H,14-15,17H2,1-4H3,(H,27,29)(H,28,30). The quantitative estimate of drug-likeness (QED) is 0.560. The molecule has 3 aromatic rings. The topological polar surface area (TPSA) is 67.4 Å². The third-order valence-electron chi connectivity index (χ3n) is 5.07. The predicted octanol–water partition coefficient (Wildman–Crippen LogP) is 4.37. The summed E-state index contributed by atoms with van der Waals surface area (Å²) in [6.45, 7) is 9.00. The smallest absolute Gasteiger partial charge is 0.258 e. The van der Waals surface area contributed by atoms with E-state index in [1.807, 2.05) is 55.5 Å². The second-order valence-electron chi connectivity index (χ2n) is 8.67. The molecule has 2 amide bonds. The van der Waals surface area contributed by atoms with Gasteiger partial charge in [0.05, 0.1) is 0 Å². The van der Waals surface area contributed by atoms with Crippen molar-refractivity contribution in [1.82, 2.24) is 10.6 Å². The van der Waals surface area contributed by atoms with E-state index in [1.165, 1.54) is 0 Å². The summed E-state index contributed by atoms with van der Waals surface area (Å²) < 4.78 is 5.78. The highest BCUT2D eigenvalue weighted by Gasteiger charge is 2.19. The molecule has 0 spiro atoms. The van der Waals surface area contributed by atoms with Crippen molar-refractivity contribution in [3.63, 3.8) is 0 Å². The molecule has 0 aliphatic carbocycles. The minimum Gasteiger partial charge on any atom is -0.483 e. The molecule has 5 heteroatoms. The zero-order valence-corrected chi connectivity index (χ0v) is 18.6. The third kappa shape index (κ3) is 5.85. The second kappa shape index (κ2) is 9.65. The predicted molar refractivity (Wildman–Crippen MR) is 125 cm³/mol. The monoisotopic (exact) mass is 418 g/mol. The lowest BCUT2D eigenvalue weighted by Gasteiger charge is -2.23. The number of rotatable bonds is 7. The lowest BCUT2D eigenvalue weighted by molar-refractivity contribution is -0.123. The van der Waals surface area contributed by atoms with Crippen LogP contribution in [0.25, 0.3) is 10.8 Å². The van der Waals surface area contributed by atoms with Gasteiger partial charge in [-0.1, -0.05) is 74.9 Å². The molecule has 0 aliphatic rings. The van der Waals surface area contributed by atoms with Gasteiger partial charge in [0, 0.05) is 18.7 Å². The van der Waals surface area contributed by atoms with Crippen LogP contribution in [-0.4, -0.2) is 31.5 Å². The summed E-state index contributed by atoms with van der Waals surface area (Å²) in [5.41, 5.74) is 2.78. The van der Waals surface area contributed by atoms with E-state index in [2.05, 4.69) is 37.5 Å². The molecule has 0 heterocycles. The largest absolute Gasteiger partial charge is 0.483 e. The molecule has 2 N–H and O–H groups in total. The molecule has 0 fully saturated rings. The molecular weight excluding hydrogens is 388 g/mol. The highest BCUT2D eigenvalue weighted by molar-refractivity contribution is 6.07. The van der Waals surface area contributed by atoms with Crippen LogP contribution in [0.15, 0.2) is 60.7 Å². The summed E-state index contributed by atoms with van der Waals surface area (Å²) >= 11 is 0. The van der Waals surface area contributed by atoms with Crippen LogP contribution in [0.5, 0.6) is 5.75 Å². The molecule has 31 heavy (non-hydrogen) atoms. The molecule has 3 rings (SSSR count). The average molecular weight is 419 g/mol. The number of benzene rings is 3. The minimum absolute atomic E-state index is 0.0661. The Bertz CT molecular complexity index is 1080. The summed E-state index contributed by atoms with van der Waals surface area (Å²) in [5, 5.41) is 7.58. The Morgan fingerprint density at radius 2 is 1.61 bits per heavy atom. The van der Waals surface area contributed by atoms with Gasteiger partial charge in [-0.15, -0.1) is 0 Å². The van der Waals surface area contributed by atoms with Crippen LogP contribution in [0.3, 0.4) is 0 Å². The SMILES string of the molecule is Cc1ccc(OCC(=O)NCCNC(=O)c2cccc3ccccc23)c(C(C)(C)C)c1. The maximum Gasteiger partial charge on any atom is 0.258 e. The first-order valence-electron chi connectivity index (χ1n) is 10.5. The van der Waals surface area contributed by atoms with Crippen molar-refractivity contribution in [2.24, 2.45) is 0 Å². The number of fused-ring (bicyclic) bond motifs is 1. The van der Waals surface area contributed by atoms with E-state index in [0.717, 1.165) is 27.6 Å². The maximum atomic E-state index is 12.5. The number of ether oxygens (including phenoxy) is 1. The number of hydrogen-bond donors (Lipinski definition) is 2. The van der Waals surface area contributed by atoms with Crippen LogP contribution in [0.2, 0.25) is 0 Å². The maximum absolute atomic E-state index is 12.5. The van der Waals surface area contributed by atoms with Gasteiger partial charge in [-0.25, -0.2) is 0 Å². The molecule has 0 saturated carbocycles. The van der Waals surface area contributed by atoms with Crippen molar-refractivity contribution >= 4 is 22.6 Å². The number of amides is 2. The molecule has 162 valence electrons. The van der Waals surface area contributed by atoms with E-state index in [-0.39, 0.29) is 23.8 Å². The van der Waals surface area contributed by atoms with E-state index in [0.29, 0.717) is 18.7 Å². The van der Waals surface area contributed by atoms with Gasteiger partial charge in [-0.2, -0.15) is 0 Å². The van der Waals surface area contributed by atoms with Gasteiger partial charge in [-0.05, 0) is 40.8 Å². The van der Waals surface area contributed by atoms with Gasteiger partial charge in [0.2, 0.25) is 0 Å². The Morgan fingerprint density at radius 1 is 0.903 bits per heavy atom. The molecule has 0 atom stereocenters. The summed E-state index contributed by atoms with van der Waals surface area (Å²) in [7, 11) is 0. The summed E-state index contributed by atoms with van der Waals surface area (Å²) in [5.74, 6) is 0.342. The van der Waals surface area contributed by atoms with Crippen molar-refractivity contribution in [2.45, 2.75) is 33.1 Å². The molecule has 3 aromatic carbocycles. The third-order valence-corrected chi connectivity index (χ3v) is 5.07. The summed E-state index contributed by atoms with van der Waals surface area (Å²) in [6.07, 6.45) is 0. The molecule has 0 bridgehead atoms. The Labute approximate surface area is 183 Å². The van der Waals surface area contributed by atoms with E-state index >= 15 is 0 Å². The van der Waals surface area contributed by atoms with Gasteiger partial charge in [0.15, 0.2) is 6.61 Å². The van der Waals surface area contributed by atoms with Crippen molar-refractivity contribution in [3.05, 3.63) is 77.4 Å². The van der Waals surface area contributed by atoms with Gasteiger partial charge in [0.25, 0.3) is 11.8 Å². The zero-order chi connectivity index (χ0) is 22.4. The number of carbonyl (C=O) groups is 2. The first-order chi connectivity index (χ1) is 14.8. The zero-order valence-electron chi connectivity index (χ0n) is 18.6. The normalized spacial score (nSPS) is 11.2. The van der Waals surface area contributed by atoms with Crippen molar-refractivity contribution in [2.75, 3.05) is 19.7 Å². The molecule has 0 unspecified atom stereocenters.